The van der Waals surface area contributed by atoms with Gasteiger partial charge in [0.2, 0.25) is 0 Å². The minimum atomic E-state index is -0.543. The number of aromatic nitrogens is 3. The van der Waals surface area contributed by atoms with E-state index in [1.807, 2.05) is 55.8 Å². The molecule has 166 valence electrons. The zero-order valence-electron chi connectivity index (χ0n) is 19.1. The average molecular weight is 441 g/mol. The van der Waals surface area contributed by atoms with Gasteiger partial charge in [-0.3, -0.25) is 4.79 Å². The maximum Gasteiger partial charge on any atom is 0.254 e. The molecule has 0 aliphatic heterocycles. The Hall–Kier alpha value is -3.98. The van der Waals surface area contributed by atoms with Gasteiger partial charge in [-0.25, -0.2) is 9.37 Å². The van der Waals surface area contributed by atoms with Crippen molar-refractivity contribution in [2.24, 2.45) is 0 Å². The van der Waals surface area contributed by atoms with Crippen LogP contribution < -0.4 is 5.56 Å². The number of nitriles is 1. The Bertz CT molecular complexity index is 1440. The van der Waals surface area contributed by atoms with Gasteiger partial charge in [0.25, 0.3) is 5.56 Å². The summed E-state index contributed by atoms with van der Waals surface area (Å²) in [6, 6.07) is 14.2. The highest BCUT2D eigenvalue weighted by molar-refractivity contribution is 5.44. The predicted molar refractivity (Wildman–Crippen MR) is 126 cm³/mol. The number of rotatable bonds is 5. The molecule has 4 rings (SSSR count). The number of halogens is 1. The van der Waals surface area contributed by atoms with E-state index in [-0.39, 0.29) is 11.4 Å². The van der Waals surface area contributed by atoms with Crippen LogP contribution in [0.5, 0.6) is 0 Å². The Morgan fingerprint density at radius 3 is 2.52 bits per heavy atom. The van der Waals surface area contributed by atoms with Crippen molar-refractivity contribution in [1.29, 1.82) is 5.26 Å². The van der Waals surface area contributed by atoms with Crippen LogP contribution in [0.2, 0.25) is 0 Å². The number of nitrogens with zero attached hydrogens (tertiary/aromatic N) is 4. The third kappa shape index (κ3) is 4.49. The second kappa shape index (κ2) is 8.87. The molecule has 33 heavy (non-hydrogen) atoms. The Morgan fingerprint density at radius 2 is 1.88 bits per heavy atom. The summed E-state index contributed by atoms with van der Waals surface area (Å²) in [4.78, 5) is 17.6. The Labute approximate surface area is 192 Å². The quantitative estimate of drug-likeness (QED) is 0.430. The van der Waals surface area contributed by atoms with Gasteiger partial charge in [0.15, 0.2) is 0 Å². The predicted octanol–water partition coefficient (Wildman–Crippen LogP) is 5.17. The van der Waals surface area contributed by atoms with Crippen molar-refractivity contribution in [2.45, 2.75) is 40.2 Å². The lowest BCUT2D eigenvalue weighted by Gasteiger charge is -2.18. The number of aryl methyl sites for hydroxylation is 3. The fraction of sp³-hybridized carbons (Fsp3) is 0.222. The molecule has 2 heterocycles. The highest BCUT2D eigenvalue weighted by Gasteiger charge is 2.17. The van der Waals surface area contributed by atoms with Gasteiger partial charge in [-0.1, -0.05) is 24.3 Å². The molecule has 0 aliphatic rings. The lowest BCUT2D eigenvalue weighted by Crippen LogP contribution is -2.27. The first-order valence-corrected chi connectivity index (χ1v) is 10.8. The van der Waals surface area contributed by atoms with Crippen molar-refractivity contribution in [3.8, 4) is 11.8 Å². The van der Waals surface area contributed by atoms with Gasteiger partial charge in [-0.2, -0.15) is 5.26 Å². The summed E-state index contributed by atoms with van der Waals surface area (Å²) < 4.78 is 18.0. The van der Waals surface area contributed by atoms with E-state index in [9.17, 15) is 14.4 Å². The number of imidazole rings is 1. The third-order valence-electron chi connectivity index (χ3n) is 5.92. The molecule has 4 aromatic rings. The third-order valence-corrected chi connectivity index (χ3v) is 5.92. The van der Waals surface area contributed by atoms with Crippen LogP contribution in [-0.4, -0.2) is 14.1 Å². The smallest absolute Gasteiger partial charge is 0.254 e. The van der Waals surface area contributed by atoms with Crippen LogP contribution in [0.1, 0.15) is 52.0 Å². The second-order valence-corrected chi connectivity index (χ2v) is 8.50. The Balaban J connectivity index is 1.71. The topological polar surface area (TPSA) is 63.6 Å². The van der Waals surface area contributed by atoms with E-state index in [1.54, 1.807) is 25.4 Å². The van der Waals surface area contributed by atoms with E-state index in [4.69, 9.17) is 0 Å². The molecule has 0 saturated carbocycles. The summed E-state index contributed by atoms with van der Waals surface area (Å²) in [5.41, 5.74) is 5.83. The first kappa shape index (κ1) is 22.2. The van der Waals surface area contributed by atoms with Crippen LogP contribution in [-0.2, 0) is 6.42 Å². The Kier molecular flexibility index (Phi) is 5.97. The summed E-state index contributed by atoms with van der Waals surface area (Å²) >= 11 is 0. The second-order valence-electron chi connectivity index (χ2n) is 8.50. The zero-order chi connectivity index (χ0) is 23.7. The molecular formula is C27H25FN4O. The van der Waals surface area contributed by atoms with Gasteiger partial charge in [0, 0.05) is 35.6 Å². The van der Waals surface area contributed by atoms with E-state index in [0.29, 0.717) is 23.1 Å². The molecule has 6 heteroatoms. The van der Waals surface area contributed by atoms with E-state index in [1.165, 1.54) is 16.8 Å². The van der Waals surface area contributed by atoms with Crippen molar-refractivity contribution in [3.05, 3.63) is 116 Å². The van der Waals surface area contributed by atoms with E-state index in [2.05, 4.69) is 11.1 Å². The average Bonchev–Trinajstić information content (AvgIpc) is 3.20. The van der Waals surface area contributed by atoms with Gasteiger partial charge in [0.1, 0.15) is 11.9 Å². The van der Waals surface area contributed by atoms with Gasteiger partial charge < -0.3 is 9.13 Å². The number of hydrogen-bond acceptors (Lipinski definition) is 3. The van der Waals surface area contributed by atoms with Crippen LogP contribution in [0.15, 0.2) is 66.0 Å². The normalized spacial score (nSPS) is 11.9. The van der Waals surface area contributed by atoms with E-state index < -0.39 is 6.04 Å². The van der Waals surface area contributed by atoms with E-state index >= 15 is 0 Å². The first-order chi connectivity index (χ1) is 15.8. The van der Waals surface area contributed by atoms with Crippen molar-refractivity contribution in [2.75, 3.05) is 0 Å². The SMILES string of the molecule is Cc1ccc([C@H](C)n2cc(C#N)cc(Cc3ccc(-n4cnc(C)c4)c(C)c3)c2=O)c(F)c1. The standard InChI is InChI=1S/C27H25FN4O/c1-17-5-7-24(25(28)9-17)20(4)32-15-22(13-29)12-23(27(32)33)11-21-6-8-26(18(2)10-21)31-14-19(3)30-16-31/h5-10,12,14-16,20H,11H2,1-4H3/t20-/m0/s1. The minimum Gasteiger partial charge on any atom is -0.307 e. The lowest BCUT2D eigenvalue weighted by molar-refractivity contribution is 0.544. The highest BCUT2D eigenvalue weighted by Crippen LogP contribution is 2.22. The molecule has 0 spiro atoms. The fourth-order valence-corrected chi connectivity index (χ4v) is 4.15. The van der Waals surface area contributed by atoms with Crippen molar-refractivity contribution in [1.82, 2.24) is 14.1 Å². The van der Waals surface area contributed by atoms with Gasteiger partial charge >= 0.3 is 0 Å². The molecule has 0 amide bonds. The van der Waals surface area contributed by atoms with Crippen molar-refractivity contribution in [3.63, 3.8) is 0 Å². The fourth-order valence-electron chi connectivity index (χ4n) is 4.15. The van der Waals surface area contributed by atoms with Gasteiger partial charge in [0.05, 0.1) is 23.6 Å². The highest BCUT2D eigenvalue weighted by atomic mass is 19.1. The van der Waals surface area contributed by atoms with Crippen LogP contribution in [0.3, 0.4) is 0 Å². The number of hydrogen-bond donors (Lipinski definition) is 0. The summed E-state index contributed by atoms with van der Waals surface area (Å²) in [5, 5.41) is 9.55. The largest absolute Gasteiger partial charge is 0.307 e. The summed E-state index contributed by atoms with van der Waals surface area (Å²) in [5.74, 6) is -0.362. The summed E-state index contributed by atoms with van der Waals surface area (Å²) in [6.07, 6.45) is 5.62. The molecule has 2 aromatic carbocycles. The lowest BCUT2D eigenvalue weighted by atomic mass is 10.0. The molecule has 0 N–H and O–H groups in total. The summed E-state index contributed by atoms with van der Waals surface area (Å²) in [6.45, 7) is 7.54. The number of pyridine rings is 1. The van der Waals surface area contributed by atoms with Crippen LogP contribution in [0.25, 0.3) is 5.69 Å². The molecule has 0 saturated heterocycles. The molecule has 5 nitrogen and oxygen atoms in total. The summed E-state index contributed by atoms with van der Waals surface area (Å²) in [7, 11) is 0. The maximum absolute atomic E-state index is 14.6. The number of benzene rings is 2. The molecule has 2 aromatic heterocycles. The van der Waals surface area contributed by atoms with E-state index in [0.717, 1.165) is 28.1 Å². The molecule has 1 atom stereocenters. The molecule has 0 fully saturated rings. The monoisotopic (exact) mass is 440 g/mol. The molecular weight excluding hydrogens is 415 g/mol. The van der Waals surface area contributed by atoms with Crippen LogP contribution in [0, 0.1) is 37.9 Å². The van der Waals surface area contributed by atoms with Crippen molar-refractivity contribution >= 4 is 0 Å². The Morgan fingerprint density at radius 1 is 1.09 bits per heavy atom. The van der Waals surface area contributed by atoms with Crippen LogP contribution in [0.4, 0.5) is 4.39 Å². The molecule has 0 bridgehead atoms. The molecule has 0 radical (unpaired) electrons. The zero-order valence-corrected chi connectivity index (χ0v) is 19.1. The van der Waals surface area contributed by atoms with Crippen LogP contribution >= 0.6 is 0 Å². The first-order valence-electron chi connectivity index (χ1n) is 10.8. The molecule has 0 aliphatic carbocycles. The molecule has 0 unspecified atom stereocenters. The van der Waals surface area contributed by atoms with Gasteiger partial charge in [-0.15, -0.1) is 0 Å². The maximum atomic E-state index is 14.6. The minimum absolute atomic E-state index is 0.228. The van der Waals surface area contributed by atoms with Gasteiger partial charge in [-0.05, 0) is 62.6 Å². The van der Waals surface area contributed by atoms with Crippen molar-refractivity contribution < 1.29 is 4.39 Å².